The summed E-state index contributed by atoms with van der Waals surface area (Å²) in [5, 5.41) is 2.49. The number of ether oxygens (including phenoxy) is 1. The number of benzene rings is 1. The summed E-state index contributed by atoms with van der Waals surface area (Å²) in [6.45, 7) is 3.47. The number of rotatable bonds is 6. The minimum Gasteiger partial charge on any atom is -0.452 e. The molecule has 1 N–H and O–H groups in total. The summed E-state index contributed by atoms with van der Waals surface area (Å²) in [7, 11) is 0. The monoisotopic (exact) mass is 409 g/mol. The van der Waals surface area contributed by atoms with Gasteiger partial charge in [0.25, 0.3) is 5.91 Å². The Kier molecular flexibility index (Phi) is 6.74. The van der Waals surface area contributed by atoms with Crippen molar-refractivity contribution in [1.82, 2.24) is 9.97 Å². The van der Waals surface area contributed by atoms with Crippen LogP contribution in [-0.2, 0) is 14.3 Å². The largest absolute Gasteiger partial charge is 0.452 e. The van der Waals surface area contributed by atoms with Crippen LogP contribution in [0.1, 0.15) is 12.5 Å². The molecule has 0 spiro atoms. The van der Waals surface area contributed by atoms with Crippen molar-refractivity contribution < 1.29 is 14.3 Å². The molecule has 126 valence electrons. The molecular weight excluding hydrogens is 394 g/mol. The highest BCUT2D eigenvalue weighted by Gasteiger charge is 2.19. The Morgan fingerprint density at radius 3 is 2.71 bits per heavy atom. The number of aromatic nitrogens is 2. The van der Waals surface area contributed by atoms with Gasteiger partial charge >= 0.3 is 5.97 Å². The third-order valence-corrected chi connectivity index (χ3v) is 4.60. The first kappa shape index (κ1) is 18.4. The maximum absolute atomic E-state index is 11.9. The lowest BCUT2D eigenvalue weighted by Crippen LogP contribution is -2.31. The van der Waals surface area contributed by atoms with Gasteiger partial charge in [-0.05, 0) is 43.7 Å². The minimum atomic E-state index is -0.923. The number of thioether (sulfide) groups is 1. The van der Waals surface area contributed by atoms with E-state index in [1.807, 2.05) is 25.1 Å². The van der Waals surface area contributed by atoms with Gasteiger partial charge in [0.15, 0.2) is 6.10 Å². The number of halogens is 1. The number of amides is 1. The van der Waals surface area contributed by atoms with E-state index >= 15 is 0 Å². The van der Waals surface area contributed by atoms with Crippen LogP contribution in [0.5, 0.6) is 0 Å². The maximum Gasteiger partial charge on any atom is 0.317 e. The normalized spacial score (nSPS) is 11.6. The Morgan fingerprint density at radius 2 is 2.04 bits per heavy atom. The lowest BCUT2D eigenvalue weighted by Gasteiger charge is -2.13. The average Bonchev–Trinajstić information content (AvgIpc) is 2.55. The van der Waals surface area contributed by atoms with Gasteiger partial charge in [0, 0.05) is 21.8 Å². The zero-order valence-electron chi connectivity index (χ0n) is 13.2. The molecule has 2 rings (SSSR count). The number of carbonyl (C=O) groups excluding carboxylic acids is 2. The van der Waals surface area contributed by atoms with Crippen LogP contribution in [0.15, 0.2) is 46.0 Å². The third-order valence-electron chi connectivity index (χ3n) is 2.96. The SMILES string of the molecule is Cc1cc(Br)ccc1SCC(=O)OC(C)C(=O)Nc1ncccn1. The van der Waals surface area contributed by atoms with E-state index in [-0.39, 0.29) is 11.7 Å². The summed E-state index contributed by atoms with van der Waals surface area (Å²) in [5.41, 5.74) is 1.06. The highest BCUT2D eigenvalue weighted by Crippen LogP contribution is 2.25. The van der Waals surface area contributed by atoms with E-state index in [2.05, 4.69) is 31.2 Å². The van der Waals surface area contributed by atoms with E-state index < -0.39 is 18.0 Å². The quantitative estimate of drug-likeness (QED) is 0.582. The fourth-order valence-corrected chi connectivity index (χ4v) is 3.04. The summed E-state index contributed by atoms with van der Waals surface area (Å²) in [4.78, 5) is 32.6. The number of anilines is 1. The number of nitrogens with one attached hydrogen (secondary N) is 1. The second-order valence-corrected chi connectivity index (χ2v) is 6.83. The minimum absolute atomic E-state index is 0.127. The van der Waals surface area contributed by atoms with Crippen molar-refractivity contribution in [3.8, 4) is 0 Å². The van der Waals surface area contributed by atoms with Gasteiger partial charge < -0.3 is 4.74 Å². The van der Waals surface area contributed by atoms with Gasteiger partial charge in [0.2, 0.25) is 5.95 Å². The van der Waals surface area contributed by atoms with Gasteiger partial charge in [-0.25, -0.2) is 9.97 Å². The molecule has 24 heavy (non-hydrogen) atoms. The molecule has 0 saturated carbocycles. The highest BCUT2D eigenvalue weighted by molar-refractivity contribution is 9.10. The molecule has 8 heteroatoms. The van der Waals surface area contributed by atoms with Gasteiger partial charge in [0.05, 0.1) is 5.75 Å². The zero-order valence-corrected chi connectivity index (χ0v) is 15.6. The lowest BCUT2D eigenvalue weighted by molar-refractivity contribution is -0.150. The standard InChI is InChI=1S/C16H16BrN3O3S/c1-10-8-12(17)4-5-13(10)24-9-14(21)23-11(2)15(22)20-16-18-6-3-7-19-16/h3-8,11H,9H2,1-2H3,(H,18,19,20,22). The van der Waals surface area contributed by atoms with E-state index in [1.165, 1.54) is 31.1 Å². The van der Waals surface area contributed by atoms with E-state index in [4.69, 9.17) is 4.74 Å². The molecule has 1 aromatic heterocycles. The molecule has 1 amide bonds. The van der Waals surface area contributed by atoms with Gasteiger partial charge in [-0.2, -0.15) is 0 Å². The molecule has 1 heterocycles. The van der Waals surface area contributed by atoms with E-state index in [1.54, 1.807) is 6.07 Å². The van der Waals surface area contributed by atoms with E-state index in [0.29, 0.717) is 0 Å². The van der Waals surface area contributed by atoms with Crippen molar-refractivity contribution in [2.75, 3.05) is 11.1 Å². The second kappa shape index (κ2) is 8.79. The molecule has 0 fully saturated rings. The molecule has 1 unspecified atom stereocenters. The maximum atomic E-state index is 11.9. The fraction of sp³-hybridized carbons (Fsp3) is 0.250. The van der Waals surface area contributed by atoms with Gasteiger partial charge in [-0.15, -0.1) is 11.8 Å². The van der Waals surface area contributed by atoms with Crippen molar-refractivity contribution in [2.24, 2.45) is 0 Å². The summed E-state index contributed by atoms with van der Waals surface area (Å²) >= 11 is 4.77. The average molecular weight is 410 g/mol. The lowest BCUT2D eigenvalue weighted by atomic mass is 10.2. The zero-order chi connectivity index (χ0) is 17.5. The molecule has 6 nitrogen and oxygen atoms in total. The summed E-state index contributed by atoms with van der Waals surface area (Å²) < 4.78 is 6.12. The number of nitrogens with zero attached hydrogens (tertiary/aromatic N) is 2. The Labute approximate surface area is 152 Å². The second-order valence-electron chi connectivity index (χ2n) is 4.89. The first-order valence-electron chi connectivity index (χ1n) is 7.12. The van der Waals surface area contributed by atoms with Gasteiger partial charge in [-0.1, -0.05) is 15.9 Å². The molecule has 1 aromatic carbocycles. The molecule has 0 aliphatic rings. The molecule has 0 radical (unpaired) electrons. The van der Waals surface area contributed by atoms with Crippen LogP contribution in [0.25, 0.3) is 0 Å². The summed E-state index contributed by atoms with van der Waals surface area (Å²) in [5.74, 6) is -0.634. The van der Waals surface area contributed by atoms with Crippen molar-refractivity contribution in [1.29, 1.82) is 0 Å². The first-order valence-corrected chi connectivity index (χ1v) is 8.90. The van der Waals surface area contributed by atoms with E-state index in [9.17, 15) is 9.59 Å². The van der Waals surface area contributed by atoms with Gasteiger partial charge in [-0.3, -0.25) is 14.9 Å². The summed E-state index contributed by atoms with van der Waals surface area (Å²) in [6.07, 6.45) is 2.10. The topological polar surface area (TPSA) is 81.2 Å². The smallest absolute Gasteiger partial charge is 0.317 e. The molecule has 1 atom stereocenters. The van der Waals surface area contributed by atoms with Crippen LogP contribution in [0, 0.1) is 6.92 Å². The molecule has 0 bridgehead atoms. The Bertz CT molecular complexity index is 728. The van der Waals surface area contributed by atoms with Crippen molar-refractivity contribution >= 4 is 45.5 Å². The summed E-state index contributed by atoms with van der Waals surface area (Å²) in [6, 6.07) is 7.46. The number of esters is 1. The van der Waals surface area contributed by atoms with Gasteiger partial charge in [0.1, 0.15) is 0 Å². The highest BCUT2D eigenvalue weighted by atomic mass is 79.9. The van der Waals surface area contributed by atoms with Crippen molar-refractivity contribution in [3.63, 3.8) is 0 Å². The number of carbonyl (C=O) groups is 2. The predicted molar refractivity (Wildman–Crippen MR) is 95.8 cm³/mol. The van der Waals surface area contributed by atoms with Crippen molar-refractivity contribution in [3.05, 3.63) is 46.7 Å². The first-order chi connectivity index (χ1) is 11.5. The van der Waals surface area contributed by atoms with Crippen LogP contribution in [-0.4, -0.2) is 33.7 Å². The Hall–Kier alpha value is -1.93. The van der Waals surface area contributed by atoms with E-state index in [0.717, 1.165) is 14.9 Å². The van der Waals surface area contributed by atoms with Crippen LogP contribution in [0.2, 0.25) is 0 Å². The van der Waals surface area contributed by atoms with Crippen LogP contribution in [0.3, 0.4) is 0 Å². The van der Waals surface area contributed by atoms with Crippen LogP contribution in [0.4, 0.5) is 5.95 Å². The predicted octanol–water partition coefficient (Wildman–Crippen LogP) is 3.21. The Balaban J connectivity index is 1.81. The molecular formula is C16H16BrN3O3S. The van der Waals surface area contributed by atoms with Crippen molar-refractivity contribution in [2.45, 2.75) is 24.8 Å². The van der Waals surface area contributed by atoms with Crippen LogP contribution < -0.4 is 5.32 Å². The third kappa shape index (κ3) is 5.61. The number of aryl methyl sites for hydroxylation is 1. The van der Waals surface area contributed by atoms with Crippen LogP contribution >= 0.6 is 27.7 Å². The fourth-order valence-electron chi connectivity index (χ4n) is 1.77. The molecule has 2 aromatic rings. The number of hydrogen-bond acceptors (Lipinski definition) is 6. The molecule has 0 aliphatic heterocycles. The molecule has 0 aliphatic carbocycles. The number of hydrogen-bond donors (Lipinski definition) is 1. The molecule has 0 saturated heterocycles. The Morgan fingerprint density at radius 1 is 1.33 bits per heavy atom.